The van der Waals surface area contributed by atoms with E-state index in [2.05, 4.69) is 0 Å². The van der Waals surface area contributed by atoms with E-state index in [1.165, 1.54) is 4.74 Å². The van der Waals surface area contributed by atoms with Crippen LogP contribution in [0.1, 0.15) is 0 Å². The van der Waals surface area contributed by atoms with Crippen molar-refractivity contribution in [2.75, 3.05) is 0 Å². The monoisotopic (exact) mass is 352 g/mol. The van der Waals surface area contributed by atoms with Gasteiger partial charge in [-0.05, 0) is 0 Å². The SMILES string of the molecule is FC(OC(F)(F)C(F)(F)C(F)(F)OC(F)(F)F)C(F)(F)F. The van der Waals surface area contributed by atoms with Gasteiger partial charge < -0.3 is 0 Å². The minimum absolute atomic E-state index is 1.40. The largest absolute Gasteiger partial charge is 0.527 e. The van der Waals surface area contributed by atoms with Gasteiger partial charge in [0.25, 0.3) is 6.36 Å². The lowest BCUT2D eigenvalue weighted by molar-refractivity contribution is -0.517. The van der Waals surface area contributed by atoms with E-state index in [4.69, 9.17) is 0 Å². The Balaban J connectivity index is 5.37. The summed E-state index contributed by atoms with van der Waals surface area (Å²) in [7, 11) is 0. The fraction of sp³-hybridized carbons (Fsp3) is 1.00. The van der Waals surface area contributed by atoms with E-state index in [0.717, 1.165) is 0 Å². The van der Waals surface area contributed by atoms with E-state index >= 15 is 0 Å². The first kappa shape index (κ1) is 20.0. The summed E-state index contributed by atoms with van der Waals surface area (Å²) in [5.41, 5.74) is 0. The highest BCUT2D eigenvalue weighted by Crippen LogP contribution is 2.50. The lowest BCUT2D eigenvalue weighted by Gasteiger charge is -2.32. The Morgan fingerprint density at radius 2 is 1.00 bits per heavy atom. The Hall–Kier alpha value is -0.990. The van der Waals surface area contributed by atoms with Crippen molar-refractivity contribution < 1.29 is 66.5 Å². The molecule has 0 aliphatic rings. The van der Waals surface area contributed by atoms with Gasteiger partial charge in [-0.25, -0.2) is 9.13 Å². The van der Waals surface area contributed by atoms with Crippen LogP contribution in [0.2, 0.25) is 0 Å². The summed E-state index contributed by atoms with van der Waals surface area (Å²) in [5, 5.41) is 0. The van der Waals surface area contributed by atoms with Crippen LogP contribution in [0.5, 0.6) is 0 Å². The fourth-order valence-electron chi connectivity index (χ4n) is 0.650. The maximum Gasteiger partial charge on any atom is 0.527 e. The summed E-state index contributed by atoms with van der Waals surface area (Å²) in [6.07, 6.45) is -32.1. The molecule has 1 atom stereocenters. The van der Waals surface area contributed by atoms with Crippen LogP contribution in [-0.4, -0.2) is 37.0 Å². The molecule has 0 aliphatic carbocycles. The van der Waals surface area contributed by atoms with Gasteiger partial charge in [-0.3, -0.25) is 4.74 Å². The molecule has 0 rings (SSSR count). The van der Waals surface area contributed by atoms with E-state index < -0.39 is 37.0 Å². The number of rotatable bonds is 5. The molecule has 0 aliphatic heterocycles. The van der Waals surface area contributed by atoms with E-state index in [-0.39, 0.29) is 0 Å². The lowest BCUT2D eigenvalue weighted by atomic mass is 10.3. The topological polar surface area (TPSA) is 18.5 Å². The third-order valence-electron chi connectivity index (χ3n) is 1.48. The fourth-order valence-corrected chi connectivity index (χ4v) is 0.650. The molecule has 128 valence electrons. The predicted octanol–water partition coefficient (Wildman–Crippen LogP) is 4.22. The first-order valence-corrected chi connectivity index (χ1v) is 4.12. The highest BCUT2D eigenvalue weighted by Gasteiger charge is 2.78. The molecule has 15 heteroatoms. The zero-order chi connectivity index (χ0) is 17.5. The van der Waals surface area contributed by atoms with Crippen molar-refractivity contribution in [3.05, 3.63) is 0 Å². The minimum atomic E-state index is -7.27. The van der Waals surface area contributed by atoms with Gasteiger partial charge in [0.1, 0.15) is 0 Å². The summed E-state index contributed by atoms with van der Waals surface area (Å²) in [5.74, 6) is -7.27. The molecule has 0 saturated carbocycles. The van der Waals surface area contributed by atoms with E-state index in [1.54, 1.807) is 4.74 Å². The molecule has 0 fully saturated rings. The van der Waals surface area contributed by atoms with Crippen molar-refractivity contribution in [1.29, 1.82) is 0 Å². The highest BCUT2D eigenvalue weighted by molar-refractivity contribution is 4.87. The molecule has 21 heavy (non-hydrogen) atoms. The van der Waals surface area contributed by atoms with Gasteiger partial charge in [0.2, 0.25) is 0 Å². The molecule has 0 amide bonds. The van der Waals surface area contributed by atoms with Gasteiger partial charge in [-0.15, -0.1) is 13.2 Å². The van der Waals surface area contributed by atoms with Crippen LogP contribution in [0, 0.1) is 0 Å². The zero-order valence-corrected chi connectivity index (χ0v) is 8.81. The Morgan fingerprint density at radius 1 is 0.619 bits per heavy atom. The first-order chi connectivity index (χ1) is 8.83. The number of alkyl halides is 13. The Bertz CT molecular complexity index is 355. The second-order valence-corrected chi connectivity index (χ2v) is 3.13. The standard InChI is InChI=1S/C6HF13O2/c7-1(2(8,9)10)20-4(13,14)3(11,12)5(15,16)21-6(17,18)19/h1H. The van der Waals surface area contributed by atoms with E-state index in [1.807, 2.05) is 0 Å². The smallest absolute Gasteiger partial charge is 0.272 e. The molecule has 0 bridgehead atoms. The van der Waals surface area contributed by atoms with Crippen LogP contribution < -0.4 is 0 Å². The first-order valence-electron chi connectivity index (χ1n) is 4.12. The van der Waals surface area contributed by atoms with Gasteiger partial charge in [-0.1, -0.05) is 0 Å². The van der Waals surface area contributed by atoms with Crippen molar-refractivity contribution in [2.45, 2.75) is 37.0 Å². The van der Waals surface area contributed by atoms with Crippen molar-refractivity contribution in [3.63, 3.8) is 0 Å². The molecule has 1 unspecified atom stereocenters. The van der Waals surface area contributed by atoms with Crippen molar-refractivity contribution in [1.82, 2.24) is 0 Å². The summed E-state index contributed by atoms with van der Waals surface area (Å²) in [6, 6.07) is 0. The third kappa shape index (κ3) is 4.76. The second kappa shape index (κ2) is 5.33. The van der Waals surface area contributed by atoms with Crippen LogP contribution in [-0.2, 0) is 9.47 Å². The number of halogens is 13. The van der Waals surface area contributed by atoms with Crippen LogP contribution in [0.3, 0.4) is 0 Å². The maximum absolute atomic E-state index is 12.5. The normalized spacial score (nSPS) is 17.0. The van der Waals surface area contributed by atoms with E-state index in [9.17, 15) is 57.1 Å². The van der Waals surface area contributed by atoms with Gasteiger partial charge in [0, 0.05) is 0 Å². The maximum atomic E-state index is 12.5. The third-order valence-corrected chi connectivity index (χ3v) is 1.48. The molecular weight excluding hydrogens is 351 g/mol. The molecular formula is C6HF13O2. The number of hydrogen-bond donors (Lipinski definition) is 0. The minimum Gasteiger partial charge on any atom is -0.272 e. The zero-order valence-electron chi connectivity index (χ0n) is 8.81. The molecule has 0 heterocycles. The molecule has 2 nitrogen and oxygen atoms in total. The summed E-state index contributed by atoms with van der Waals surface area (Å²) in [4.78, 5) is 0. The van der Waals surface area contributed by atoms with Crippen LogP contribution in [0.4, 0.5) is 57.1 Å². The lowest BCUT2D eigenvalue weighted by Crippen LogP contribution is -2.59. The molecule has 0 aromatic rings. The quantitative estimate of drug-likeness (QED) is 0.690. The van der Waals surface area contributed by atoms with E-state index in [0.29, 0.717) is 0 Å². The molecule has 0 N–H and O–H groups in total. The number of ether oxygens (including phenoxy) is 2. The Kier molecular flexibility index (Phi) is 5.08. The van der Waals surface area contributed by atoms with Crippen molar-refractivity contribution >= 4 is 0 Å². The second-order valence-electron chi connectivity index (χ2n) is 3.13. The molecule has 0 aromatic heterocycles. The average molecular weight is 352 g/mol. The van der Waals surface area contributed by atoms with Gasteiger partial charge >= 0.3 is 30.7 Å². The highest BCUT2D eigenvalue weighted by atomic mass is 19.4. The average Bonchev–Trinajstić information content (AvgIpc) is 2.10. The summed E-state index contributed by atoms with van der Waals surface area (Å²) in [6.45, 7) is 0. The Morgan fingerprint density at radius 3 is 1.29 bits per heavy atom. The van der Waals surface area contributed by atoms with Gasteiger partial charge in [-0.2, -0.15) is 39.5 Å². The van der Waals surface area contributed by atoms with Crippen LogP contribution in [0.15, 0.2) is 0 Å². The Labute approximate surface area is 105 Å². The van der Waals surface area contributed by atoms with Gasteiger partial charge in [0.05, 0.1) is 0 Å². The number of hydrogen-bond acceptors (Lipinski definition) is 2. The molecule has 0 aromatic carbocycles. The van der Waals surface area contributed by atoms with Crippen LogP contribution in [0.25, 0.3) is 0 Å². The molecule has 0 saturated heterocycles. The summed E-state index contributed by atoms with van der Waals surface area (Å²) < 4.78 is 158. The van der Waals surface area contributed by atoms with Crippen molar-refractivity contribution in [2.24, 2.45) is 0 Å². The molecule has 0 radical (unpaired) electrons. The van der Waals surface area contributed by atoms with Gasteiger partial charge in [0.15, 0.2) is 0 Å². The van der Waals surface area contributed by atoms with Crippen LogP contribution >= 0.6 is 0 Å². The summed E-state index contributed by atoms with van der Waals surface area (Å²) >= 11 is 0. The molecule has 0 spiro atoms. The van der Waals surface area contributed by atoms with Crippen molar-refractivity contribution in [3.8, 4) is 0 Å². The predicted molar refractivity (Wildman–Crippen MR) is 34.0 cm³/mol.